The number of hydrogen-bond acceptors (Lipinski definition) is 4. The number of hydrogen-bond donors (Lipinski definition) is 0. The van der Waals surface area contributed by atoms with Crippen molar-refractivity contribution in [3.8, 4) is 0 Å². The summed E-state index contributed by atoms with van der Waals surface area (Å²) in [6.07, 6.45) is 1.58. The molecule has 0 aromatic carbocycles. The molecule has 0 unspecified atom stereocenters. The van der Waals surface area contributed by atoms with E-state index in [2.05, 4.69) is 5.10 Å². The lowest BCUT2D eigenvalue weighted by atomic mass is 10.1. The van der Waals surface area contributed by atoms with Gasteiger partial charge in [0, 0.05) is 26.1 Å². The molecule has 1 heterocycles. The van der Waals surface area contributed by atoms with Gasteiger partial charge >= 0.3 is 0 Å². The average molecular weight is 223 g/mol. The lowest BCUT2D eigenvalue weighted by Gasteiger charge is -2.12. The van der Waals surface area contributed by atoms with Gasteiger partial charge in [0.1, 0.15) is 6.54 Å². The van der Waals surface area contributed by atoms with Crippen molar-refractivity contribution in [2.24, 2.45) is 5.92 Å². The normalized spacial score (nSPS) is 10.6. The summed E-state index contributed by atoms with van der Waals surface area (Å²) >= 11 is 0. The molecule has 0 radical (unpaired) electrons. The summed E-state index contributed by atoms with van der Waals surface area (Å²) in [5, 5.41) is 3.96. The summed E-state index contributed by atoms with van der Waals surface area (Å²) in [5.41, 5.74) is 0.485. The Kier molecular flexibility index (Phi) is 3.82. The Hall–Kier alpha value is -1.65. The molecule has 0 spiro atoms. The number of nitrogens with zero attached hydrogens (tertiary/aromatic N) is 3. The van der Waals surface area contributed by atoms with Crippen LogP contribution in [-0.2, 0) is 11.3 Å². The first-order chi connectivity index (χ1) is 7.41. The molecule has 5 nitrogen and oxygen atoms in total. The second-order valence-corrected chi connectivity index (χ2v) is 4.23. The highest BCUT2D eigenvalue weighted by atomic mass is 16.1. The standard InChI is InChI=1S/C11H17N3O2/c1-8(2)10(15)7-14-11(16)5-9(6-12-14)13(3)4/h5-6,8H,7H2,1-4H3. The SMILES string of the molecule is CC(C)C(=O)Cn1ncc(N(C)C)cc1=O. The van der Waals surface area contributed by atoms with Crippen molar-refractivity contribution in [1.29, 1.82) is 0 Å². The zero-order chi connectivity index (χ0) is 12.3. The fourth-order valence-corrected chi connectivity index (χ4v) is 1.12. The van der Waals surface area contributed by atoms with E-state index < -0.39 is 0 Å². The van der Waals surface area contributed by atoms with Crippen LogP contribution in [0.3, 0.4) is 0 Å². The van der Waals surface area contributed by atoms with E-state index in [1.807, 2.05) is 27.9 Å². The van der Waals surface area contributed by atoms with Gasteiger partial charge in [0.2, 0.25) is 0 Å². The maximum Gasteiger partial charge on any atom is 0.269 e. The Bertz CT molecular complexity index is 435. The number of Topliss-reactive ketones (excluding diaryl/α,β-unsaturated/α-hetero) is 1. The van der Waals surface area contributed by atoms with Crippen LogP contribution < -0.4 is 10.5 Å². The highest BCUT2D eigenvalue weighted by Gasteiger charge is 2.10. The van der Waals surface area contributed by atoms with Gasteiger partial charge in [0.05, 0.1) is 11.9 Å². The van der Waals surface area contributed by atoms with Crippen molar-refractivity contribution in [2.75, 3.05) is 19.0 Å². The molecule has 0 N–H and O–H groups in total. The maximum absolute atomic E-state index is 11.6. The van der Waals surface area contributed by atoms with Crippen LogP contribution in [0.1, 0.15) is 13.8 Å². The number of anilines is 1. The van der Waals surface area contributed by atoms with E-state index in [0.29, 0.717) is 0 Å². The van der Waals surface area contributed by atoms with Crippen molar-refractivity contribution < 1.29 is 4.79 Å². The molecule has 0 aliphatic rings. The number of aromatic nitrogens is 2. The molecule has 0 saturated heterocycles. The van der Waals surface area contributed by atoms with Crippen LogP contribution in [0.15, 0.2) is 17.1 Å². The molecule has 16 heavy (non-hydrogen) atoms. The van der Waals surface area contributed by atoms with E-state index in [4.69, 9.17) is 0 Å². The predicted octanol–water partition coefficient (Wildman–Crippen LogP) is 0.534. The van der Waals surface area contributed by atoms with Gasteiger partial charge in [-0.1, -0.05) is 13.8 Å². The van der Waals surface area contributed by atoms with Crippen molar-refractivity contribution in [3.05, 3.63) is 22.6 Å². The Morgan fingerprint density at radius 2 is 2.12 bits per heavy atom. The van der Waals surface area contributed by atoms with Crippen molar-refractivity contribution in [2.45, 2.75) is 20.4 Å². The number of carbonyl (C=O) groups excluding carboxylic acids is 1. The van der Waals surface area contributed by atoms with E-state index >= 15 is 0 Å². The van der Waals surface area contributed by atoms with Gasteiger partial charge in [-0.05, 0) is 0 Å². The number of carbonyl (C=O) groups is 1. The fraction of sp³-hybridized carbons (Fsp3) is 0.545. The van der Waals surface area contributed by atoms with E-state index in [-0.39, 0.29) is 23.8 Å². The summed E-state index contributed by atoms with van der Waals surface area (Å²) < 4.78 is 1.19. The zero-order valence-electron chi connectivity index (χ0n) is 10.1. The second kappa shape index (κ2) is 4.92. The Balaban J connectivity index is 2.92. The molecule has 0 amide bonds. The summed E-state index contributed by atoms with van der Waals surface area (Å²) in [5.74, 6) is -0.0746. The minimum atomic E-state index is -0.250. The summed E-state index contributed by atoms with van der Waals surface area (Å²) in [4.78, 5) is 24.9. The topological polar surface area (TPSA) is 55.2 Å². The summed E-state index contributed by atoms with van der Waals surface area (Å²) in [6, 6.07) is 1.47. The maximum atomic E-state index is 11.6. The van der Waals surface area contributed by atoms with Crippen LogP contribution in [0.4, 0.5) is 5.69 Å². The molecule has 0 fully saturated rings. The van der Waals surface area contributed by atoms with Crippen LogP contribution >= 0.6 is 0 Å². The van der Waals surface area contributed by atoms with Crippen LogP contribution in [-0.4, -0.2) is 29.7 Å². The van der Waals surface area contributed by atoms with Gasteiger partial charge in [0.15, 0.2) is 5.78 Å². The largest absolute Gasteiger partial charge is 0.376 e. The fourth-order valence-electron chi connectivity index (χ4n) is 1.12. The van der Waals surface area contributed by atoms with Crippen molar-refractivity contribution >= 4 is 11.5 Å². The van der Waals surface area contributed by atoms with E-state index in [9.17, 15) is 9.59 Å². The number of rotatable bonds is 4. The lowest BCUT2D eigenvalue weighted by molar-refractivity contribution is -0.122. The molecule has 0 atom stereocenters. The minimum Gasteiger partial charge on any atom is -0.376 e. The molecule has 1 rings (SSSR count). The average Bonchev–Trinajstić information content (AvgIpc) is 2.20. The molecule has 0 bridgehead atoms. The zero-order valence-corrected chi connectivity index (χ0v) is 10.1. The third kappa shape index (κ3) is 2.92. The summed E-state index contributed by atoms with van der Waals surface area (Å²) in [6.45, 7) is 3.66. The first-order valence-electron chi connectivity index (χ1n) is 5.19. The Labute approximate surface area is 94.7 Å². The smallest absolute Gasteiger partial charge is 0.269 e. The third-order valence-electron chi connectivity index (χ3n) is 2.32. The Morgan fingerprint density at radius 1 is 1.50 bits per heavy atom. The van der Waals surface area contributed by atoms with Gasteiger partial charge in [-0.3, -0.25) is 9.59 Å². The van der Waals surface area contributed by atoms with Crippen LogP contribution in [0, 0.1) is 5.92 Å². The van der Waals surface area contributed by atoms with E-state index in [0.717, 1.165) is 5.69 Å². The molecular formula is C11H17N3O2. The monoisotopic (exact) mass is 223 g/mol. The minimum absolute atomic E-state index is 0.00667. The third-order valence-corrected chi connectivity index (χ3v) is 2.32. The molecule has 88 valence electrons. The van der Waals surface area contributed by atoms with Gasteiger partial charge in [-0.15, -0.1) is 0 Å². The predicted molar refractivity (Wildman–Crippen MR) is 62.7 cm³/mol. The molecule has 5 heteroatoms. The quantitative estimate of drug-likeness (QED) is 0.747. The summed E-state index contributed by atoms with van der Waals surface area (Å²) in [7, 11) is 3.67. The van der Waals surface area contributed by atoms with Crippen LogP contribution in [0.25, 0.3) is 0 Å². The lowest BCUT2D eigenvalue weighted by Crippen LogP contribution is -2.28. The van der Waals surface area contributed by atoms with Crippen LogP contribution in [0.5, 0.6) is 0 Å². The van der Waals surface area contributed by atoms with Gasteiger partial charge < -0.3 is 4.90 Å². The van der Waals surface area contributed by atoms with Crippen molar-refractivity contribution in [3.63, 3.8) is 0 Å². The van der Waals surface area contributed by atoms with Gasteiger partial charge in [0.25, 0.3) is 5.56 Å². The molecule has 0 aliphatic heterocycles. The Morgan fingerprint density at radius 3 is 2.56 bits per heavy atom. The van der Waals surface area contributed by atoms with Crippen LogP contribution in [0.2, 0.25) is 0 Å². The number of ketones is 1. The molecule has 0 saturated carbocycles. The molecular weight excluding hydrogens is 206 g/mol. The molecule has 0 aliphatic carbocycles. The highest BCUT2D eigenvalue weighted by Crippen LogP contribution is 2.03. The second-order valence-electron chi connectivity index (χ2n) is 4.23. The highest BCUT2D eigenvalue weighted by molar-refractivity contribution is 5.79. The first kappa shape index (κ1) is 12.4. The first-order valence-corrected chi connectivity index (χ1v) is 5.19. The van der Waals surface area contributed by atoms with E-state index in [1.165, 1.54) is 10.7 Å². The molecule has 1 aromatic heterocycles. The van der Waals surface area contributed by atoms with E-state index in [1.54, 1.807) is 11.1 Å². The van der Waals surface area contributed by atoms with Gasteiger partial charge in [-0.2, -0.15) is 5.10 Å². The van der Waals surface area contributed by atoms with Crippen molar-refractivity contribution in [1.82, 2.24) is 9.78 Å². The van der Waals surface area contributed by atoms with Gasteiger partial charge in [-0.25, -0.2) is 4.68 Å². The molecule has 1 aromatic rings.